The van der Waals surface area contributed by atoms with E-state index >= 15 is 0 Å². The van der Waals surface area contributed by atoms with Crippen LogP contribution in [0.5, 0.6) is 5.75 Å². The van der Waals surface area contributed by atoms with Crippen LogP contribution in [0.3, 0.4) is 0 Å². The predicted molar refractivity (Wildman–Crippen MR) is 113 cm³/mol. The number of rotatable bonds is 8. The fraction of sp³-hybridized carbons (Fsp3) is 0.333. The van der Waals surface area contributed by atoms with Gasteiger partial charge in [-0.15, -0.1) is 10.2 Å². The number of thioether (sulfide) groups is 1. The number of pyridine rings is 1. The summed E-state index contributed by atoms with van der Waals surface area (Å²) in [7, 11) is 0. The van der Waals surface area contributed by atoms with Crippen LogP contribution in [0, 0.1) is 0 Å². The Morgan fingerprint density at radius 2 is 1.93 bits per heavy atom. The summed E-state index contributed by atoms with van der Waals surface area (Å²) >= 11 is 1.43. The second-order valence-corrected chi connectivity index (χ2v) is 8.16. The molecule has 2 heterocycles. The molecule has 0 aliphatic heterocycles. The lowest BCUT2D eigenvalue weighted by Crippen LogP contribution is -2.22. The van der Waals surface area contributed by atoms with Gasteiger partial charge >= 0.3 is 0 Å². The topological polar surface area (TPSA) is 81.9 Å². The van der Waals surface area contributed by atoms with E-state index in [-0.39, 0.29) is 11.2 Å². The van der Waals surface area contributed by atoms with E-state index in [0.717, 1.165) is 40.8 Å². The van der Waals surface area contributed by atoms with Crippen LogP contribution < -0.4 is 10.1 Å². The number of aromatic nitrogens is 4. The number of nitrogens with one attached hydrogen (secondary N) is 1. The maximum Gasteiger partial charge on any atom is 0.237 e. The molecule has 4 rings (SSSR count). The van der Waals surface area contributed by atoms with Gasteiger partial charge in [0, 0.05) is 29.7 Å². The van der Waals surface area contributed by atoms with Crippen molar-refractivity contribution in [1.29, 1.82) is 0 Å². The Hall–Kier alpha value is -2.87. The summed E-state index contributed by atoms with van der Waals surface area (Å²) in [6.07, 6.45) is 5.72. The standard InChI is InChI=1S/C21H23N5O2S/c1-3-28-18-8-4-16(5-9-18)23-20(27)14(2)29-21-25-24-19(26(21)17-6-7-17)15-10-12-22-13-11-15/h4-5,8-14,17H,3,6-7H2,1-2H3,(H,23,27)/t14-/m0/s1. The number of anilines is 1. The first-order valence-corrected chi connectivity index (χ1v) is 10.6. The summed E-state index contributed by atoms with van der Waals surface area (Å²) in [5, 5.41) is 12.2. The van der Waals surface area contributed by atoms with Crippen molar-refractivity contribution in [1.82, 2.24) is 19.7 Å². The van der Waals surface area contributed by atoms with Gasteiger partial charge in [0.25, 0.3) is 0 Å². The smallest absolute Gasteiger partial charge is 0.237 e. The summed E-state index contributed by atoms with van der Waals surface area (Å²) in [4.78, 5) is 16.7. The summed E-state index contributed by atoms with van der Waals surface area (Å²) in [6.45, 7) is 4.43. The molecule has 8 heteroatoms. The number of carbonyl (C=O) groups is 1. The summed E-state index contributed by atoms with van der Waals surface area (Å²) in [6, 6.07) is 11.6. The maximum atomic E-state index is 12.7. The Labute approximate surface area is 173 Å². The van der Waals surface area contributed by atoms with Crippen molar-refractivity contribution in [3.63, 3.8) is 0 Å². The van der Waals surface area contributed by atoms with Gasteiger partial charge in [0.15, 0.2) is 11.0 Å². The molecule has 0 unspecified atom stereocenters. The molecule has 2 aromatic heterocycles. The van der Waals surface area contributed by atoms with Gasteiger partial charge in [0.05, 0.1) is 11.9 Å². The van der Waals surface area contributed by atoms with Gasteiger partial charge < -0.3 is 10.1 Å². The van der Waals surface area contributed by atoms with Crippen LogP contribution in [0.2, 0.25) is 0 Å². The Balaban J connectivity index is 1.46. The zero-order valence-electron chi connectivity index (χ0n) is 16.4. The number of hydrogen-bond donors (Lipinski definition) is 1. The van der Waals surface area contributed by atoms with Gasteiger partial charge in [-0.25, -0.2) is 0 Å². The molecule has 0 bridgehead atoms. The van der Waals surface area contributed by atoms with Crippen LogP contribution in [-0.2, 0) is 4.79 Å². The van der Waals surface area contributed by atoms with Crippen molar-refractivity contribution >= 4 is 23.4 Å². The van der Waals surface area contributed by atoms with Gasteiger partial charge in [-0.2, -0.15) is 0 Å². The first kappa shape index (κ1) is 19.4. The predicted octanol–water partition coefficient (Wildman–Crippen LogP) is 4.19. The van der Waals surface area contributed by atoms with Crippen molar-refractivity contribution in [2.45, 2.75) is 43.1 Å². The minimum atomic E-state index is -0.312. The number of hydrogen-bond acceptors (Lipinski definition) is 6. The molecule has 3 aromatic rings. The van der Waals surface area contributed by atoms with Crippen LogP contribution in [0.1, 0.15) is 32.7 Å². The van der Waals surface area contributed by atoms with Gasteiger partial charge in [-0.05, 0) is 63.1 Å². The van der Waals surface area contributed by atoms with Crippen LogP contribution in [0.15, 0.2) is 53.9 Å². The highest BCUT2D eigenvalue weighted by Gasteiger charge is 2.31. The van der Waals surface area contributed by atoms with Crippen LogP contribution in [-0.4, -0.2) is 37.5 Å². The number of amides is 1. The zero-order valence-corrected chi connectivity index (χ0v) is 17.2. The number of ether oxygens (including phenoxy) is 1. The third-order valence-corrected chi connectivity index (χ3v) is 5.66. The molecule has 1 fully saturated rings. The highest BCUT2D eigenvalue weighted by atomic mass is 32.2. The molecule has 1 N–H and O–H groups in total. The van der Waals surface area contributed by atoms with Crippen LogP contribution in [0.25, 0.3) is 11.4 Å². The maximum absolute atomic E-state index is 12.7. The molecule has 7 nitrogen and oxygen atoms in total. The van der Waals surface area contributed by atoms with E-state index in [1.807, 2.05) is 50.2 Å². The average molecular weight is 410 g/mol. The minimum Gasteiger partial charge on any atom is -0.494 e. The molecule has 150 valence electrons. The molecule has 1 aliphatic carbocycles. The summed E-state index contributed by atoms with van der Waals surface area (Å²) < 4.78 is 7.59. The van der Waals surface area contributed by atoms with Crippen molar-refractivity contribution < 1.29 is 9.53 Å². The van der Waals surface area contributed by atoms with E-state index in [9.17, 15) is 4.79 Å². The SMILES string of the molecule is CCOc1ccc(NC(=O)[C@H](C)Sc2nnc(-c3ccncc3)n2C2CC2)cc1. The van der Waals surface area contributed by atoms with Gasteiger partial charge in [-0.1, -0.05) is 11.8 Å². The van der Waals surface area contributed by atoms with Crippen molar-refractivity contribution in [3.8, 4) is 17.1 Å². The van der Waals surface area contributed by atoms with Crippen molar-refractivity contribution in [2.24, 2.45) is 0 Å². The van der Waals surface area contributed by atoms with E-state index in [1.54, 1.807) is 12.4 Å². The lowest BCUT2D eigenvalue weighted by molar-refractivity contribution is -0.115. The second kappa shape index (κ2) is 8.65. The second-order valence-electron chi connectivity index (χ2n) is 6.85. The first-order valence-electron chi connectivity index (χ1n) is 9.71. The normalized spacial score (nSPS) is 14.4. The Kier molecular flexibility index (Phi) is 5.80. The molecule has 1 saturated carbocycles. The van der Waals surface area contributed by atoms with E-state index in [1.165, 1.54) is 11.8 Å². The van der Waals surface area contributed by atoms with Gasteiger partial charge in [0.1, 0.15) is 5.75 Å². The first-order chi connectivity index (χ1) is 14.2. The van der Waals surface area contributed by atoms with Crippen LogP contribution >= 0.6 is 11.8 Å². The van der Waals surface area contributed by atoms with Gasteiger partial charge in [0.2, 0.25) is 5.91 Å². The highest BCUT2D eigenvalue weighted by molar-refractivity contribution is 8.00. The molecular formula is C21H23N5O2S. The van der Waals surface area contributed by atoms with Crippen molar-refractivity contribution in [2.75, 3.05) is 11.9 Å². The summed E-state index contributed by atoms with van der Waals surface area (Å²) in [5.41, 5.74) is 1.73. The van der Waals surface area contributed by atoms with Crippen LogP contribution in [0.4, 0.5) is 5.69 Å². The largest absolute Gasteiger partial charge is 0.494 e. The lowest BCUT2D eigenvalue weighted by atomic mass is 10.2. The van der Waals surface area contributed by atoms with E-state index in [4.69, 9.17) is 4.74 Å². The van der Waals surface area contributed by atoms with Crippen molar-refractivity contribution in [3.05, 3.63) is 48.8 Å². The molecule has 0 saturated heterocycles. The Morgan fingerprint density at radius 1 is 1.21 bits per heavy atom. The molecule has 1 aromatic carbocycles. The van der Waals surface area contributed by atoms with E-state index < -0.39 is 0 Å². The molecule has 0 spiro atoms. The fourth-order valence-corrected chi connectivity index (χ4v) is 3.89. The van der Waals surface area contributed by atoms with E-state index in [0.29, 0.717) is 12.6 Å². The van der Waals surface area contributed by atoms with Gasteiger partial charge in [-0.3, -0.25) is 14.3 Å². The molecule has 29 heavy (non-hydrogen) atoms. The Bertz CT molecular complexity index is 970. The van der Waals surface area contributed by atoms with E-state index in [2.05, 4.69) is 25.1 Å². The number of carbonyl (C=O) groups excluding carboxylic acids is 1. The lowest BCUT2D eigenvalue weighted by Gasteiger charge is -2.13. The minimum absolute atomic E-state index is 0.0741. The molecule has 1 aliphatic rings. The fourth-order valence-electron chi connectivity index (χ4n) is 2.97. The number of benzene rings is 1. The highest BCUT2D eigenvalue weighted by Crippen LogP contribution is 2.41. The quantitative estimate of drug-likeness (QED) is 0.562. The average Bonchev–Trinajstić information content (AvgIpc) is 3.50. The monoisotopic (exact) mass is 409 g/mol. The third kappa shape index (κ3) is 4.59. The zero-order chi connectivity index (χ0) is 20.2. The Morgan fingerprint density at radius 3 is 2.59 bits per heavy atom. The molecule has 1 amide bonds. The third-order valence-electron chi connectivity index (χ3n) is 4.60. The molecular weight excluding hydrogens is 386 g/mol. The molecule has 0 radical (unpaired) electrons. The number of nitrogens with zero attached hydrogens (tertiary/aromatic N) is 4. The summed E-state index contributed by atoms with van der Waals surface area (Å²) in [5.74, 6) is 1.54. The molecule has 1 atom stereocenters.